The zero-order chi connectivity index (χ0) is 17.0. The lowest BCUT2D eigenvalue weighted by Crippen LogP contribution is -2.52. The van der Waals surface area contributed by atoms with E-state index in [2.05, 4.69) is 10.6 Å². The summed E-state index contributed by atoms with van der Waals surface area (Å²) in [6, 6.07) is 1.82. The van der Waals surface area contributed by atoms with Gasteiger partial charge in [0.25, 0.3) is 0 Å². The molecule has 3 unspecified atom stereocenters. The summed E-state index contributed by atoms with van der Waals surface area (Å²) in [6.45, 7) is 4.51. The van der Waals surface area contributed by atoms with Gasteiger partial charge in [0.2, 0.25) is 10.0 Å². The van der Waals surface area contributed by atoms with Crippen molar-refractivity contribution < 1.29 is 8.42 Å². The van der Waals surface area contributed by atoms with Gasteiger partial charge in [-0.2, -0.15) is 0 Å². The van der Waals surface area contributed by atoms with Crippen molar-refractivity contribution in [2.45, 2.75) is 82.8 Å². The number of nitrogens with one attached hydrogen (secondary N) is 2. The van der Waals surface area contributed by atoms with E-state index in [-0.39, 0.29) is 0 Å². The lowest BCUT2D eigenvalue weighted by molar-refractivity contribution is 0.218. The molecule has 2 heterocycles. The number of hydrogen-bond acceptors (Lipinski definition) is 4. The van der Waals surface area contributed by atoms with Crippen LogP contribution >= 0.6 is 0 Å². The van der Waals surface area contributed by atoms with Crippen LogP contribution in [-0.2, 0) is 10.0 Å². The van der Waals surface area contributed by atoms with Crippen molar-refractivity contribution in [3.8, 4) is 0 Å². The van der Waals surface area contributed by atoms with Crippen LogP contribution in [0.25, 0.3) is 0 Å². The van der Waals surface area contributed by atoms with Crippen molar-refractivity contribution in [3.05, 3.63) is 0 Å². The van der Waals surface area contributed by atoms with Crippen molar-refractivity contribution in [3.63, 3.8) is 0 Å². The Balaban J connectivity index is 1.48. The van der Waals surface area contributed by atoms with Crippen molar-refractivity contribution in [2.75, 3.05) is 25.4 Å². The number of sulfonamides is 1. The van der Waals surface area contributed by atoms with Gasteiger partial charge in [-0.25, -0.2) is 12.7 Å². The summed E-state index contributed by atoms with van der Waals surface area (Å²) in [5, 5.41) is 7.65. The average molecular weight is 358 g/mol. The monoisotopic (exact) mass is 357 g/mol. The van der Waals surface area contributed by atoms with E-state index in [1.807, 2.05) is 6.92 Å². The van der Waals surface area contributed by atoms with Crippen LogP contribution in [0.15, 0.2) is 0 Å². The fraction of sp³-hybridized carbons (Fsp3) is 1.00. The van der Waals surface area contributed by atoms with Gasteiger partial charge in [0, 0.05) is 31.2 Å². The third-order valence-electron chi connectivity index (χ3n) is 6.19. The van der Waals surface area contributed by atoms with E-state index in [4.69, 9.17) is 0 Å². The Morgan fingerprint density at radius 1 is 1.04 bits per heavy atom. The van der Waals surface area contributed by atoms with Crippen LogP contribution in [0.5, 0.6) is 0 Å². The Hall–Kier alpha value is -0.170. The number of nitrogens with zero attached hydrogens (tertiary/aromatic N) is 1. The van der Waals surface area contributed by atoms with E-state index in [1.54, 1.807) is 4.31 Å². The molecule has 1 saturated carbocycles. The molecule has 0 bridgehead atoms. The molecule has 2 saturated heterocycles. The molecule has 0 spiro atoms. The molecule has 2 N–H and O–H groups in total. The quantitative estimate of drug-likeness (QED) is 0.764. The van der Waals surface area contributed by atoms with Crippen LogP contribution in [0.3, 0.4) is 0 Å². The second-order valence-electron chi connectivity index (χ2n) is 7.91. The van der Waals surface area contributed by atoms with E-state index >= 15 is 0 Å². The molecule has 3 rings (SSSR count). The fourth-order valence-corrected chi connectivity index (χ4v) is 6.45. The Bertz CT molecular complexity index is 482. The van der Waals surface area contributed by atoms with Crippen molar-refractivity contribution in [1.82, 2.24) is 14.9 Å². The van der Waals surface area contributed by atoms with Gasteiger partial charge in [-0.1, -0.05) is 19.8 Å². The van der Waals surface area contributed by atoms with E-state index in [0.717, 1.165) is 18.8 Å². The molecule has 0 amide bonds. The van der Waals surface area contributed by atoms with Crippen molar-refractivity contribution >= 4 is 10.0 Å². The summed E-state index contributed by atoms with van der Waals surface area (Å²) < 4.78 is 26.1. The maximum absolute atomic E-state index is 12.2. The Morgan fingerprint density at radius 2 is 1.83 bits per heavy atom. The normalized spacial score (nSPS) is 33.8. The average Bonchev–Trinajstić information content (AvgIpc) is 3.04. The SMILES string of the molecule is CCCS(=O)(=O)N1CCC(NC2CCCC2C2CCCCN2)CC1. The van der Waals surface area contributed by atoms with Crippen LogP contribution in [0.1, 0.15) is 64.7 Å². The largest absolute Gasteiger partial charge is 0.314 e. The zero-order valence-electron chi connectivity index (χ0n) is 15.2. The second-order valence-corrected chi connectivity index (χ2v) is 10.0. The van der Waals surface area contributed by atoms with E-state index in [1.165, 1.54) is 45.1 Å². The van der Waals surface area contributed by atoms with Crippen molar-refractivity contribution in [2.24, 2.45) is 5.92 Å². The predicted molar refractivity (Wildman–Crippen MR) is 98.6 cm³/mol. The Kier molecular flexibility index (Phi) is 6.57. The molecular formula is C18H35N3O2S. The second kappa shape index (κ2) is 8.47. The van der Waals surface area contributed by atoms with E-state index < -0.39 is 10.0 Å². The van der Waals surface area contributed by atoms with Crippen LogP contribution < -0.4 is 10.6 Å². The highest BCUT2D eigenvalue weighted by molar-refractivity contribution is 7.89. The molecule has 2 aliphatic heterocycles. The Morgan fingerprint density at radius 3 is 2.50 bits per heavy atom. The van der Waals surface area contributed by atoms with Crippen LogP contribution in [-0.4, -0.2) is 56.2 Å². The molecule has 6 heteroatoms. The summed E-state index contributed by atoms with van der Waals surface area (Å²) >= 11 is 0. The molecule has 5 nitrogen and oxygen atoms in total. The van der Waals surface area contributed by atoms with Crippen LogP contribution in [0.2, 0.25) is 0 Å². The fourth-order valence-electron chi connectivity index (χ4n) is 4.91. The summed E-state index contributed by atoms with van der Waals surface area (Å²) in [4.78, 5) is 0. The smallest absolute Gasteiger partial charge is 0.214 e. The molecule has 0 aromatic rings. The summed E-state index contributed by atoms with van der Waals surface area (Å²) in [6.07, 6.45) is 10.6. The third kappa shape index (κ3) is 4.51. The summed E-state index contributed by atoms with van der Waals surface area (Å²) in [5.41, 5.74) is 0. The third-order valence-corrected chi connectivity index (χ3v) is 8.27. The van der Waals surface area contributed by atoms with Gasteiger partial charge < -0.3 is 10.6 Å². The first-order valence-electron chi connectivity index (χ1n) is 10.1. The predicted octanol–water partition coefficient (Wildman–Crippen LogP) is 2.09. The topological polar surface area (TPSA) is 61.4 Å². The molecule has 24 heavy (non-hydrogen) atoms. The highest BCUT2D eigenvalue weighted by Gasteiger charge is 2.36. The molecule has 0 aromatic carbocycles. The summed E-state index contributed by atoms with van der Waals surface area (Å²) in [7, 11) is -3.02. The van der Waals surface area contributed by atoms with Crippen molar-refractivity contribution in [1.29, 1.82) is 0 Å². The molecule has 1 aliphatic carbocycles. The van der Waals surface area contributed by atoms with Crippen LogP contribution in [0, 0.1) is 5.92 Å². The van der Waals surface area contributed by atoms with Gasteiger partial charge in [0.05, 0.1) is 5.75 Å². The molecular weight excluding hydrogens is 322 g/mol. The van der Waals surface area contributed by atoms with Gasteiger partial charge in [-0.05, 0) is 57.4 Å². The van der Waals surface area contributed by atoms with E-state index in [9.17, 15) is 8.42 Å². The maximum atomic E-state index is 12.2. The van der Waals surface area contributed by atoms with Gasteiger partial charge in [0.1, 0.15) is 0 Å². The number of hydrogen-bond donors (Lipinski definition) is 2. The van der Waals surface area contributed by atoms with E-state index in [0.29, 0.717) is 43.4 Å². The molecule has 3 aliphatic rings. The molecule has 140 valence electrons. The van der Waals surface area contributed by atoms with Gasteiger partial charge in [0.15, 0.2) is 0 Å². The minimum absolute atomic E-state index is 0.295. The molecule has 3 atom stereocenters. The van der Waals surface area contributed by atoms with Gasteiger partial charge in [-0.15, -0.1) is 0 Å². The molecule has 0 aromatic heterocycles. The molecule has 3 fully saturated rings. The maximum Gasteiger partial charge on any atom is 0.214 e. The minimum atomic E-state index is -3.02. The first-order chi connectivity index (χ1) is 11.6. The highest BCUT2D eigenvalue weighted by atomic mass is 32.2. The summed E-state index contributed by atoms with van der Waals surface area (Å²) in [5.74, 6) is 1.07. The minimum Gasteiger partial charge on any atom is -0.314 e. The van der Waals surface area contributed by atoms with Gasteiger partial charge >= 0.3 is 0 Å². The zero-order valence-corrected chi connectivity index (χ0v) is 16.0. The molecule has 0 radical (unpaired) electrons. The first kappa shape index (κ1) is 18.6. The highest BCUT2D eigenvalue weighted by Crippen LogP contribution is 2.32. The van der Waals surface area contributed by atoms with Crippen LogP contribution in [0.4, 0.5) is 0 Å². The Labute approximate surface area is 148 Å². The lowest BCUT2D eigenvalue weighted by atomic mass is 9.87. The first-order valence-corrected chi connectivity index (χ1v) is 11.7. The number of rotatable bonds is 6. The van der Waals surface area contributed by atoms with Gasteiger partial charge in [-0.3, -0.25) is 0 Å². The number of piperidine rings is 2. The lowest BCUT2D eigenvalue weighted by Gasteiger charge is -2.37. The standard InChI is InChI=1S/C18H35N3O2S/c1-2-14-24(22,23)21-12-9-15(10-13-21)20-18-8-5-6-16(18)17-7-3-4-11-19-17/h15-20H,2-14H2,1H3.